The van der Waals surface area contributed by atoms with Crippen LogP contribution in [0.2, 0.25) is 0 Å². The van der Waals surface area contributed by atoms with Gasteiger partial charge in [-0.3, -0.25) is 4.98 Å². The summed E-state index contributed by atoms with van der Waals surface area (Å²) < 4.78 is 29.7. The van der Waals surface area contributed by atoms with Gasteiger partial charge in [0.15, 0.2) is 0 Å². The van der Waals surface area contributed by atoms with Gasteiger partial charge in [-0.1, -0.05) is 0 Å². The summed E-state index contributed by atoms with van der Waals surface area (Å²) in [6.45, 7) is 0. The van der Waals surface area contributed by atoms with Crippen LogP contribution in [0, 0.1) is 23.0 Å². The topological polar surface area (TPSA) is 54.5 Å². The van der Waals surface area contributed by atoms with Crippen LogP contribution in [0.25, 0.3) is 33.5 Å². The predicted molar refractivity (Wildman–Crippen MR) is 101 cm³/mol. The number of rotatable bonds is 3. The van der Waals surface area contributed by atoms with Crippen LogP contribution in [-0.4, -0.2) is 14.5 Å². The Balaban J connectivity index is 1.78. The lowest BCUT2D eigenvalue weighted by molar-refractivity contribution is 0.584. The Labute approximate surface area is 159 Å². The minimum absolute atomic E-state index is 0.297. The van der Waals surface area contributed by atoms with Crippen molar-refractivity contribution in [1.82, 2.24) is 14.5 Å². The van der Waals surface area contributed by atoms with Crippen molar-refractivity contribution in [2.24, 2.45) is 0 Å². The van der Waals surface area contributed by atoms with E-state index in [1.807, 2.05) is 12.1 Å². The number of benzene rings is 2. The average molecular weight is 372 g/mol. The Kier molecular flexibility index (Phi) is 3.69. The third-order valence-electron chi connectivity index (χ3n) is 4.97. The maximum Gasteiger partial charge on any atom is 0.143 e. The summed E-state index contributed by atoms with van der Waals surface area (Å²) in [5, 5.41) is 9.25. The predicted octanol–water partition coefficient (Wildman–Crippen LogP) is 5.25. The first-order chi connectivity index (χ1) is 13.6. The van der Waals surface area contributed by atoms with Crippen LogP contribution in [0.3, 0.4) is 0 Å². The summed E-state index contributed by atoms with van der Waals surface area (Å²) in [5.41, 5.74) is 4.03. The highest BCUT2D eigenvalue weighted by molar-refractivity contribution is 5.87. The van der Waals surface area contributed by atoms with Gasteiger partial charge in [0.25, 0.3) is 0 Å². The second kappa shape index (κ2) is 6.24. The zero-order valence-electron chi connectivity index (χ0n) is 14.7. The van der Waals surface area contributed by atoms with Gasteiger partial charge in [-0.05, 0) is 60.4 Å². The molecule has 2 aromatic heterocycles. The summed E-state index contributed by atoms with van der Waals surface area (Å²) in [7, 11) is 0. The highest BCUT2D eigenvalue weighted by Crippen LogP contribution is 2.43. The Hall–Kier alpha value is -3.59. The molecule has 1 aliphatic rings. The standard InChI is InChI=1S/C22H14F2N4/c23-15-8-14(9-16(24)10-15)18-5-6-26-12-19(18)22-27-20-4-1-13(11-25)7-21(20)28(22)17-2-3-17/h1,4-10,12,17H,2-3H2. The first-order valence-corrected chi connectivity index (χ1v) is 8.97. The molecule has 1 aliphatic carbocycles. The fourth-order valence-electron chi connectivity index (χ4n) is 3.59. The molecule has 4 aromatic rings. The van der Waals surface area contributed by atoms with Crippen molar-refractivity contribution < 1.29 is 8.78 Å². The lowest BCUT2D eigenvalue weighted by Crippen LogP contribution is -1.99. The van der Waals surface area contributed by atoms with Gasteiger partial charge in [0.05, 0.1) is 22.7 Å². The first kappa shape index (κ1) is 16.6. The second-order valence-electron chi connectivity index (χ2n) is 6.93. The highest BCUT2D eigenvalue weighted by atomic mass is 19.1. The zero-order chi connectivity index (χ0) is 19.3. The molecule has 4 nitrogen and oxygen atoms in total. The molecule has 1 fully saturated rings. The number of hydrogen-bond acceptors (Lipinski definition) is 3. The third kappa shape index (κ3) is 2.72. The summed E-state index contributed by atoms with van der Waals surface area (Å²) in [5.74, 6) is -0.570. The van der Waals surface area contributed by atoms with Crippen LogP contribution in [0.5, 0.6) is 0 Å². The molecule has 2 aromatic carbocycles. The molecule has 6 heteroatoms. The number of hydrogen-bond donors (Lipinski definition) is 0. The molecule has 0 amide bonds. The minimum Gasteiger partial charge on any atom is -0.321 e. The van der Waals surface area contributed by atoms with Crippen molar-refractivity contribution in [2.75, 3.05) is 0 Å². The molecule has 1 saturated carbocycles. The Bertz CT molecular complexity index is 1250. The molecule has 28 heavy (non-hydrogen) atoms. The number of fused-ring (bicyclic) bond motifs is 1. The van der Waals surface area contributed by atoms with Gasteiger partial charge in [0.1, 0.15) is 17.5 Å². The molecule has 0 unspecified atom stereocenters. The SMILES string of the molecule is N#Cc1ccc2nc(-c3cnccc3-c3cc(F)cc(F)c3)n(C3CC3)c2c1. The van der Waals surface area contributed by atoms with Gasteiger partial charge in [0, 0.05) is 30.1 Å². The lowest BCUT2D eigenvalue weighted by atomic mass is 10.0. The van der Waals surface area contributed by atoms with Crippen molar-refractivity contribution in [2.45, 2.75) is 18.9 Å². The number of imidazole rings is 1. The number of pyridine rings is 1. The van der Waals surface area contributed by atoms with E-state index in [-0.39, 0.29) is 0 Å². The summed E-state index contributed by atoms with van der Waals surface area (Å²) in [6.07, 6.45) is 5.32. The fourth-order valence-corrected chi connectivity index (χ4v) is 3.59. The lowest BCUT2D eigenvalue weighted by Gasteiger charge is -2.12. The van der Waals surface area contributed by atoms with Gasteiger partial charge in [0.2, 0.25) is 0 Å². The summed E-state index contributed by atoms with van der Waals surface area (Å²) in [4.78, 5) is 9.00. The minimum atomic E-state index is -0.632. The Morgan fingerprint density at radius 3 is 2.50 bits per heavy atom. The first-order valence-electron chi connectivity index (χ1n) is 8.97. The normalized spacial score (nSPS) is 13.6. The van der Waals surface area contributed by atoms with Crippen LogP contribution < -0.4 is 0 Å². The Morgan fingerprint density at radius 1 is 1.00 bits per heavy atom. The third-order valence-corrected chi connectivity index (χ3v) is 4.97. The van der Waals surface area contributed by atoms with E-state index in [1.165, 1.54) is 12.1 Å². The molecular formula is C22H14F2N4. The second-order valence-corrected chi connectivity index (χ2v) is 6.93. The van der Waals surface area contributed by atoms with Crippen molar-refractivity contribution in [1.29, 1.82) is 5.26 Å². The van der Waals surface area contributed by atoms with Crippen LogP contribution in [0.15, 0.2) is 54.9 Å². The molecule has 0 radical (unpaired) electrons. The molecule has 0 spiro atoms. The molecule has 0 bridgehead atoms. The van der Waals surface area contributed by atoms with Crippen LogP contribution in [-0.2, 0) is 0 Å². The van der Waals surface area contributed by atoms with E-state index in [4.69, 9.17) is 4.98 Å². The molecule has 0 aliphatic heterocycles. The van der Waals surface area contributed by atoms with E-state index in [9.17, 15) is 14.0 Å². The quantitative estimate of drug-likeness (QED) is 0.493. The average Bonchev–Trinajstić information content (AvgIpc) is 3.46. The van der Waals surface area contributed by atoms with Crippen LogP contribution in [0.1, 0.15) is 24.4 Å². The zero-order valence-corrected chi connectivity index (χ0v) is 14.7. The summed E-state index contributed by atoms with van der Waals surface area (Å²) in [6, 6.07) is 13.1. The van der Waals surface area contributed by atoms with Gasteiger partial charge < -0.3 is 4.57 Å². The van der Waals surface area contributed by atoms with Crippen molar-refractivity contribution in [3.8, 4) is 28.6 Å². The van der Waals surface area contributed by atoms with Crippen molar-refractivity contribution >= 4 is 11.0 Å². The number of nitrogens with zero attached hydrogens (tertiary/aromatic N) is 4. The number of halogens is 2. The van der Waals surface area contributed by atoms with E-state index in [2.05, 4.69) is 15.6 Å². The number of aromatic nitrogens is 3. The van der Waals surface area contributed by atoms with E-state index in [0.29, 0.717) is 34.1 Å². The van der Waals surface area contributed by atoms with Crippen molar-refractivity contribution in [3.05, 3.63) is 72.1 Å². The monoisotopic (exact) mass is 372 g/mol. The smallest absolute Gasteiger partial charge is 0.143 e. The highest BCUT2D eigenvalue weighted by Gasteiger charge is 2.29. The molecule has 0 saturated heterocycles. The van der Waals surface area contributed by atoms with Gasteiger partial charge in [-0.2, -0.15) is 5.26 Å². The van der Waals surface area contributed by atoms with E-state index in [1.54, 1.807) is 24.5 Å². The fraction of sp³-hybridized carbons (Fsp3) is 0.136. The van der Waals surface area contributed by atoms with Gasteiger partial charge >= 0.3 is 0 Å². The molecule has 136 valence electrons. The molecule has 5 rings (SSSR count). The largest absolute Gasteiger partial charge is 0.321 e. The van der Waals surface area contributed by atoms with Gasteiger partial charge in [-0.25, -0.2) is 13.8 Å². The van der Waals surface area contributed by atoms with E-state index < -0.39 is 11.6 Å². The van der Waals surface area contributed by atoms with E-state index >= 15 is 0 Å². The van der Waals surface area contributed by atoms with Crippen LogP contribution in [0.4, 0.5) is 8.78 Å². The van der Waals surface area contributed by atoms with Crippen molar-refractivity contribution in [3.63, 3.8) is 0 Å². The molecule has 0 atom stereocenters. The Morgan fingerprint density at radius 2 is 1.79 bits per heavy atom. The number of nitriles is 1. The van der Waals surface area contributed by atoms with Crippen LogP contribution >= 0.6 is 0 Å². The molecular weight excluding hydrogens is 358 g/mol. The molecule has 0 N–H and O–H groups in total. The maximum atomic E-state index is 13.8. The van der Waals surface area contributed by atoms with Gasteiger partial charge in [-0.15, -0.1) is 0 Å². The maximum absolute atomic E-state index is 13.8. The summed E-state index contributed by atoms with van der Waals surface area (Å²) >= 11 is 0. The molecule has 2 heterocycles. The van der Waals surface area contributed by atoms with E-state index in [0.717, 1.165) is 29.9 Å².